The van der Waals surface area contributed by atoms with Crippen molar-refractivity contribution in [2.75, 3.05) is 0 Å². The minimum Gasteiger partial charge on any atom is -0.360 e. The highest BCUT2D eigenvalue weighted by Crippen LogP contribution is 2.22. The molecule has 0 aliphatic heterocycles. The minimum atomic E-state index is -0.0537. The summed E-state index contributed by atoms with van der Waals surface area (Å²) in [6, 6.07) is 11.8. The Labute approximate surface area is 122 Å². The fourth-order valence-electron chi connectivity index (χ4n) is 1.97. The third kappa shape index (κ3) is 2.57. The standard InChI is InChI=1S/C14H11BrN2OS/c15-13-6-5-9(19-13)7-17-14(18)11-8-16-12-4-2-1-3-10(11)12/h1-6,8,16H,7H2,(H,17,18). The number of thiophene rings is 1. The molecule has 0 saturated heterocycles. The molecule has 5 heteroatoms. The molecular weight excluding hydrogens is 324 g/mol. The lowest BCUT2D eigenvalue weighted by molar-refractivity contribution is 0.0953. The van der Waals surface area contributed by atoms with E-state index in [9.17, 15) is 4.79 Å². The Balaban J connectivity index is 1.77. The van der Waals surface area contributed by atoms with Gasteiger partial charge in [0.15, 0.2) is 0 Å². The Morgan fingerprint density at radius 3 is 2.89 bits per heavy atom. The number of halogens is 1. The number of aromatic nitrogens is 1. The van der Waals surface area contributed by atoms with Gasteiger partial charge in [0.2, 0.25) is 0 Å². The molecule has 0 spiro atoms. The monoisotopic (exact) mass is 334 g/mol. The Kier molecular flexibility index (Phi) is 3.40. The number of hydrogen-bond donors (Lipinski definition) is 2. The van der Waals surface area contributed by atoms with Crippen molar-refractivity contribution in [1.29, 1.82) is 0 Å². The maximum absolute atomic E-state index is 12.2. The van der Waals surface area contributed by atoms with Gasteiger partial charge in [-0.25, -0.2) is 0 Å². The van der Waals surface area contributed by atoms with E-state index in [2.05, 4.69) is 26.2 Å². The van der Waals surface area contributed by atoms with Crippen LogP contribution in [0.25, 0.3) is 10.9 Å². The average molecular weight is 335 g/mol. The second kappa shape index (κ2) is 5.19. The number of nitrogens with one attached hydrogen (secondary N) is 2. The summed E-state index contributed by atoms with van der Waals surface area (Å²) in [5, 5.41) is 3.89. The maximum Gasteiger partial charge on any atom is 0.253 e. The highest BCUT2D eigenvalue weighted by Gasteiger charge is 2.11. The summed E-state index contributed by atoms with van der Waals surface area (Å²) in [5.74, 6) is -0.0537. The summed E-state index contributed by atoms with van der Waals surface area (Å²) < 4.78 is 1.07. The Morgan fingerprint density at radius 1 is 1.26 bits per heavy atom. The zero-order valence-corrected chi connectivity index (χ0v) is 12.3. The minimum absolute atomic E-state index is 0.0537. The van der Waals surface area contributed by atoms with Crippen molar-refractivity contribution >= 4 is 44.1 Å². The van der Waals surface area contributed by atoms with Crippen LogP contribution in [0.15, 0.2) is 46.4 Å². The molecule has 1 amide bonds. The largest absolute Gasteiger partial charge is 0.360 e. The first-order chi connectivity index (χ1) is 9.24. The van der Waals surface area contributed by atoms with E-state index in [1.165, 1.54) is 0 Å². The highest BCUT2D eigenvalue weighted by atomic mass is 79.9. The van der Waals surface area contributed by atoms with Gasteiger partial charge in [-0.3, -0.25) is 4.79 Å². The number of benzene rings is 1. The molecule has 1 aromatic carbocycles. The first-order valence-corrected chi connectivity index (χ1v) is 7.43. The van der Waals surface area contributed by atoms with Gasteiger partial charge in [-0.15, -0.1) is 11.3 Å². The van der Waals surface area contributed by atoms with E-state index >= 15 is 0 Å². The average Bonchev–Trinajstić information content (AvgIpc) is 3.02. The molecule has 3 aromatic rings. The normalized spacial score (nSPS) is 10.8. The van der Waals surface area contributed by atoms with Crippen molar-refractivity contribution in [2.24, 2.45) is 0 Å². The van der Waals surface area contributed by atoms with Crippen LogP contribution in [0, 0.1) is 0 Å². The van der Waals surface area contributed by atoms with Crippen LogP contribution in [-0.4, -0.2) is 10.9 Å². The number of hydrogen-bond acceptors (Lipinski definition) is 2. The molecule has 0 fully saturated rings. The second-order valence-corrected chi connectivity index (χ2v) is 6.68. The maximum atomic E-state index is 12.2. The van der Waals surface area contributed by atoms with Crippen LogP contribution in [0.2, 0.25) is 0 Å². The van der Waals surface area contributed by atoms with E-state index in [0.29, 0.717) is 12.1 Å². The smallest absolute Gasteiger partial charge is 0.253 e. The van der Waals surface area contributed by atoms with E-state index in [0.717, 1.165) is 19.6 Å². The van der Waals surface area contributed by atoms with Gasteiger partial charge in [-0.1, -0.05) is 18.2 Å². The second-order valence-electron chi connectivity index (χ2n) is 4.14. The summed E-state index contributed by atoms with van der Waals surface area (Å²) in [6.07, 6.45) is 1.75. The number of rotatable bonds is 3. The van der Waals surface area contributed by atoms with Gasteiger partial charge in [-0.2, -0.15) is 0 Å². The van der Waals surface area contributed by atoms with Crippen LogP contribution in [0.5, 0.6) is 0 Å². The van der Waals surface area contributed by atoms with Gasteiger partial charge < -0.3 is 10.3 Å². The zero-order chi connectivity index (χ0) is 13.2. The number of aromatic amines is 1. The molecule has 0 bridgehead atoms. The first-order valence-electron chi connectivity index (χ1n) is 5.82. The summed E-state index contributed by atoms with van der Waals surface area (Å²) in [4.78, 5) is 16.4. The molecule has 0 aliphatic carbocycles. The van der Waals surface area contributed by atoms with Crippen molar-refractivity contribution in [3.8, 4) is 0 Å². The summed E-state index contributed by atoms with van der Waals surface area (Å²) in [6.45, 7) is 0.550. The predicted octanol–water partition coefficient (Wildman–Crippen LogP) is 3.92. The number of carbonyl (C=O) groups is 1. The van der Waals surface area contributed by atoms with Crippen molar-refractivity contribution in [1.82, 2.24) is 10.3 Å². The molecule has 2 heterocycles. The van der Waals surface area contributed by atoms with E-state index in [1.54, 1.807) is 17.5 Å². The van der Waals surface area contributed by atoms with Gasteiger partial charge in [0.25, 0.3) is 5.91 Å². The van der Waals surface area contributed by atoms with Crippen LogP contribution in [-0.2, 0) is 6.54 Å². The van der Waals surface area contributed by atoms with E-state index in [-0.39, 0.29) is 5.91 Å². The molecule has 0 radical (unpaired) electrons. The van der Waals surface area contributed by atoms with Crippen molar-refractivity contribution in [2.45, 2.75) is 6.54 Å². The van der Waals surface area contributed by atoms with E-state index < -0.39 is 0 Å². The number of amides is 1. The lowest BCUT2D eigenvalue weighted by Crippen LogP contribution is -2.21. The molecule has 2 N–H and O–H groups in total. The third-order valence-electron chi connectivity index (χ3n) is 2.89. The lowest BCUT2D eigenvalue weighted by Gasteiger charge is -2.02. The van der Waals surface area contributed by atoms with Gasteiger partial charge in [0.1, 0.15) is 0 Å². The van der Waals surface area contributed by atoms with Gasteiger partial charge >= 0.3 is 0 Å². The van der Waals surface area contributed by atoms with E-state index in [4.69, 9.17) is 0 Å². The quantitative estimate of drug-likeness (QED) is 0.749. The van der Waals surface area contributed by atoms with Crippen LogP contribution in [0.4, 0.5) is 0 Å². The van der Waals surface area contributed by atoms with Gasteiger partial charge in [0, 0.05) is 22.0 Å². The predicted molar refractivity (Wildman–Crippen MR) is 81.5 cm³/mol. The van der Waals surface area contributed by atoms with E-state index in [1.807, 2.05) is 36.4 Å². The Morgan fingerprint density at radius 2 is 2.11 bits per heavy atom. The van der Waals surface area contributed by atoms with Crippen molar-refractivity contribution in [3.05, 3.63) is 56.8 Å². The van der Waals surface area contributed by atoms with Crippen molar-refractivity contribution < 1.29 is 4.79 Å². The number of para-hydroxylation sites is 1. The molecule has 0 atom stereocenters. The fraction of sp³-hybridized carbons (Fsp3) is 0.0714. The first kappa shape index (κ1) is 12.4. The third-order valence-corrected chi connectivity index (χ3v) is 4.51. The molecular formula is C14H11BrN2OS. The number of H-pyrrole nitrogens is 1. The van der Waals surface area contributed by atoms with Crippen molar-refractivity contribution in [3.63, 3.8) is 0 Å². The highest BCUT2D eigenvalue weighted by molar-refractivity contribution is 9.11. The molecule has 0 saturated carbocycles. The summed E-state index contributed by atoms with van der Waals surface area (Å²) in [5.41, 5.74) is 1.66. The van der Waals surface area contributed by atoms with Crippen LogP contribution in [0.1, 0.15) is 15.2 Å². The number of fused-ring (bicyclic) bond motifs is 1. The molecule has 19 heavy (non-hydrogen) atoms. The van der Waals surface area contributed by atoms with Crippen LogP contribution < -0.4 is 5.32 Å². The molecule has 2 aromatic heterocycles. The Bertz CT molecular complexity index is 732. The zero-order valence-electron chi connectivity index (χ0n) is 9.94. The van der Waals surface area contributed by atoms with Crippen LogP contribution in [0.3, 0.4) is 0 Å². The fourth-order valence-corrected chi connectivity index (χ4v) is 3.39. The molecule has 3 rings (SSSR count). The molecule has 96 valence electrons. The van der Waals surface area contributed by atoms with Gasteiger partial charge in [-0.05, 0) is 34.1 Å². The molecule has 3 nitrogen and oxygen atoms in total. The summed E-state index contributed by atoms with van der Waals surface area (Å²) >= 11 is 5.04. The number of carbonyl (C=O) groups excluding carboxylic acids is 1. The topological polar surface area (TPSA) is 44.9 Å². The summed E-state index contributed by atoms with van der Waals surface area (Å²) in [7, 11) is 0. The molecule has 0 aliphatic rings. The SMILES string of the molecule is O=C(NCc1ccc(Br)s1)c1c[nH]c2ccccc12. The molecule has 0 unspecified atom stereocenters. The van der Waals surface area contributed by atoms with Gasteiger partial charge in [0.05, 0.1) is 15.9 Å². The Hall–Kier alpha value is -1.59. The lowest BCUT2D eigenvalue weighted by atomic mass is 10.1. The van der Waals surface area contributed by atoms with Crippen LogP contribution >= 0.6 is 27.3 Å².